The largest absolute Gasteiger partial charge is 0.493 e. The number of hydrogen-bond acceptors (Lipinski definition) is 3. The number of nitrogens with one attached hydrogen (secondary N) is 1. The third-order valence-electron chi connectivity index (χ3n) is 4.02. The molecule has 0 saturated carbocycles. The lowest BCUT2D eigenvalue weighted by molar-refractivity contribution is 0.284. The maximum absolute atomic E-state index is 6.44. The Morgan fingerprint density at radius 1 is 1.08 bits per heavy atom. The molecule has 0 radical (unpaired) electrons. The molecule has 0 spiro atoms. The van der Waals surface area contributed by atoms with Gasteiger partial charge in [-0.2, -0.15) is 0 Å². The van der Waals surface area contributed by atoms with E-state index in [1.807, 2.05) is 12.1 Å². The van der Waals surface area contributed by atoms with Crippen molar-refractivity contribution in [2.75, 3.05) is 13.7 Å². The van der Waals surface area contributed by atoms with Crippen LogP contribution in [0.25, 0.3) is 0 Å². The second-order valence-corrected chi connectivity index (χ2v) is 7.15. The maximum atomic E-state index is 6.44. The first-order chi connectivity index (χ1) is 12.0. The molecule has 25 heavy (non-hydrogen) atoms. The van der Waals surface area contributed by atoms with Crippen molar-refractivity contribution in [1.29, 1.82) is 0 Å². The SMILES string of the molecule is COc1cc(CNCCC(C)C)cc(Cl)c1OCc1ccc(C)cc1. The van der Waals surface area contributed by atoms with E-state index in [0.717, 1.165) is 30.6 Å². The lowest BCUT2D eigenvalue weighted by Crippen LogP contribution is -2.16. The standard InChI is InChI=1S/C21H28ClNO2/c1-15(2)9-10-23-13-18-11-19(22)21(20(12-18)24-4)25-14-17-7-5-16(3)6-8-17/h5-8,11-12,15,23H,9-10,13-14H2,1-4H3. The van der Waals surface area contributed by atoms with Gasteiger partial charge >= 0.3 is 0 Å². The summed E-state index contributed by atoms with van der Waals surface area (Å²) in [4.78, 5) is 0. The minimum Gasteiger partial charge on any atom is -0.493 e. The lowest BCUT2D eigenvalue weighted by Gasteiger charge is -2.15. The summed E-state index contributed by atoms with van der Waals surface area (Å²) in [5.74, 6) is 1.96. The van der Waals surface area contributed by atoms with Gasteiger partial charge in [-0.15, -0.1) is 0 Å². The van der Waals surface area contributed by atoms with E-state index in [2.05, 4.69) is 50.4 Å². The van der Waals surface area contributed by atoms with Crippen LogP contribution in [0.2, 0.25) is 5.02 Å². The molecule has 2 aromatic carbocycles. The number of rotatable bonds is 9. The zero-order valence-electron chi connectivity index (χ0n) is 15.6. The highest BCUT2D eigenvalue weighted by Gasteiger charge is 2.12. The summed E-state index contributed by atoms with van der Waals surface area (Å²) >= 11 is 6.44. The number of halogens is 1. The predicted molar refractivity (Wildman–Crippen MR) is 105 cm³/mol. The van der Waals surface area contributed by atoms with Crippen LogP contribution in [0.3, 0.4) is 0 Å². The van der Waals surface area contributed by atoms with Gasteiger partial charge in [-0.3, -0.25) is 0 Å². The predicted octanol–water partition coefficient (Wildman–Crippen LogP) is 5.37. The summed E-state index contributed by atoms with van der Waals surface area (Å²) in [5.41, 5.74) is 3.42. The monoisotopic (exact) mass is 361 g/mol. The van der Waals surface area contributed by atoms with Crippen LogP contribution in [0, 0.1) is 12.8 Å². The molecule has 0 bridgehead atoms. The van der Waals surface area contributed by atoms with Crippen molar-refractivity contribution >= 4 is 11.6 Å². The molecule has 0 aliphatic rings. The van der Waals surface area contributed by atoms with Crippen LogP contribution in [-0.2, 0) is 13.2 Å². The highest BCUT2D eigenvalue weighted by molar-refractivity contribution is 6.32. The van der Waals surface area contributed by atoms with Gasteiger partial charge in [0.05, 0.1) is 12.1 Å². The quantitative estimate of drug-likeness (QED) is 0.609. The highest BCUT2D eigenvalue weighted by atomic mass is 35.5. The Morgan fingerprint density at radius 2 is 1.80 bits per heavy atom. The molecule has 2 rings (SSSR count). The molecule has 2 aromatic rings. The summed E-state index contributed by atoms with van der Waals surface area (Å²) in [6.45, 7) is 8.73. The number of hydrogen-bond donors (Lipinski definition) is 1. The molecule has 1 N–H and O–H groups in total. The van der Waals surface area contributed by atoms with Crippen molar-refractivity contribution in [3.05, 3.63) is 58.1 Å². The third-order valence-corrected chi connectivity index (χ3v) is 4.30. The first kappa shape index (κ1) is 19.6. The van der Waals surface area contributed by atoms with E-state index in [1.54, 1.807) is 7.11 Å². The van der Waals surface area contributed by atoms with Crippen molar-refractivity contribution < 1.29 is 9.47 Å². The first-order valence-corrected chi connectivity index (χ1v) is 9.13. The number of aryl methyl sites for hydroxylation is 1. The summed E-state index contributed by atoms with van der Waals surface area (Å²) in [6.07, 6.45) is 1.16. The third kappa shape index (κ3) is 6.26. The smallest absolute Gasteiger partial charge is 0.180 e. The molecule has 0 aliphatic heterocycles. The van der Waals surface area contributed by atoms with Crippen molar-refractivity contribution in [2.24, 2.45) is 5.92 Å². The van der Waals surface area contributed by atoms with Crippen LogP contribution in [0.15, 0.2) is 36.4 Å². The van der Waals surface area contributed by atoms with E-state index >= 15 is 0 Å². The molecule has 0 fully saturated rings. The van der Waals surface area contributed by atoms with Crippen molar-refractivity contribution in [1.82, 2.24) is 5.32 Å². The first-order valence-electron chi connectivity index (χ1n) is 8.75. The van der Waals surface area contributed by atoms with E-state index in [0.29, 0.717) is 29.0 Å². The van der Waals surface area contributed by atoms with Crippen LogP contribution < -0.4 is 14.8 Å². The Bertz CT molecular complexity index is 668. The van der Waals surface area contributed by atoms with Gasteiger partial charge in [0, 0.05) is 6.54 Å². The second kappa shape index (κ2) is 9.69. The molecule has 136 valence electrons. The summed E-state index contributed by atoms with van der Waals surface area (Å²) in [6, 6.07) is 12.2. The molecule has 0 unspecified atom stereocenters. The van der Waals surface area contributed by atoms with Crippen LogP contribution in [-0.4, -0.2) is 13.7 Å². The van der Waals surface area contributed by atoms with E-state index in [-0.39, 0.29) is 0 Å². The lowest BCUT2D eigenvalue weighted by atomic mass is 10.1. The van der Waals surface area contributed by atoms with E-state index in [9.17, 15) is 0 Å². The van der Waals surface area contributed by atoms with Crippen LogP contribution >= 0.6 is 11.6 Å². The van der Waals surface area contributed by atoms with Crippen molar-refractivity contribution in [3.63, 3.8) is 0 Å². The van der Waals surface area contributed by atoms with Crippen LogP contribution in [0.5, 0.6) is 11.5 Å². The molecule has 0 aromatic heterocycles. The van der Waals surface area contributed by atoms with Gasteiger partial charge in [0.2, 0.25) is 0 Å². The Balaban J connectivity index is 2.01. The molecule has 3 nitrogen and oxygen atoms in total. The molecule has 0 amide bonds. The van der Waals surface area contributed by atoms with Gasteiger partial charge in [0.1, 0.15) is 6.61 Å². The van der Waals surface area contributed by atoms with Crippen LogP contribution in [0.1, 0.15) is 37.0 Å². The molecule has 0 aliphatic carbocycles. The molecule has 0 atom stereocenters. The minimum absolute atomic E-state index is 0.461. The summed E-state index contributed by atoms with van der Waals surface area (Å²) in [7, 11) is 1.64. The summed E-state index contributed by atoms with van der Waals surface area (Å²) in [5, 5.41) is 4.02. The molecular formula is C21H28ClNO2. The van der Waals surface area contributed by atoms with Crippen LogP contribution in [0.4, 0.5) is 0 Å². The molecule has 4 heteroatoms. The topological polar surface area (TPSA) is 30.5 Å². The van der Waals surface area contributed by atoms with E-state index < -0.39 is 0 Å². The zero-order valence-corrected chi connectivity index (χ0v) is 16.3. The zero-order chi connectivity index (χ0) is 18.2. The minimum atomic E-state index is 0.461. The van der Waals surface area contributed by atoms with Gasteiger partial charge in [-0.05, 0) is 49.1 Å². The van der Waals surface area contributed by atoms with Gasteiger partial charge in [-0.1, -0.05) is 55.3 Å². The van der Waals surface area contributed by atoms with Crippen molar-refractivity contribution in [3.8, 4) is 11.5 Å². The average molecular weight is 362 g/mol. The van der Waals surface area contributed by atoms with Gasteiger partial charge < -0.3 is 14.8 Å². The number of methoxy groups -OCH3 is 1. The normalized spacial score (nSPS) is 11.0. The van der Waals surface area contributed by atoms with Gasteiger partial charge in [0.25, 0.3) is 0 Å². The number of benzene rings is 2. The summed E-state index contributed by atoms with van der Waals surface area (Å²) < 4.78 is 11.4. The fourth-order valence-corrected chi connectivity index (χ4v) is 2.77. The van der Waals surface area contributed by atoms with E-state index in [4.69, 9.17) is 21.1 Å². The molecule has 0 heterocycles. The Labute approximate surface area is 156 Å². The van der Waals surface area contributed by atoms with Gasteiger partial charge in [0.15, 0.2) is 11.5 Å². The average Bonchev–Trinajstić information content (AvgIpc) is 2.58. The Hall–Kier alpha value is -1.71. The molecular weight excluding hydrogens is 334 g/mol. The Kier molecular flexibility index (Phi) is 7.60. The number of ether oxygens (including phenoxy) is 2. The highest BCUT2D eigenvalue weighted by Crippen LogP contribution is 2.37. The maximum Gasteiger partial charge on any atom is 0.180 e. The second-order valence-electron chi connectivity index (χ2n) is 6.74. The fraction of sp³-hybridized carbons (Fsp3) is 0.429. The fourth-order valence-electron chi connectivity index (χ4n) is 2.48. The Morgan fingerprint density at radius 3 is 2.44 bits per heavy atom. The molecule has 0 saturated heterocycles. The van der Waals surface area contributed by atoms with E-state index in [1.165, 1.54) is 5.56 Å². The van der Waals surface area contributed by atoms with Gasteiger partial charge in [-0.25, -0.2) is 0 Å². The van der Waals surface area contributed by atoms with Crippen molar-refractivity contribution in [2.45, 2.75) is 40.3 Å².